The molecule has 0 unspecified atom stereocenters. The third-order valence-corrected chi connectivity index (χ3v) is 7.50. The van der Waals surface area contributed by atoms with Crippen molar-refractivity contribution in [3.8, 4) is 24.7 Å². The first-order chi connectivity index (χ1) is 20.6. The quantitative estimate of drug-likeness (QED) is 0.191. The molecular formula is C35H38F2N3O3+. The Bertz CT molecular complexity index is 1510. The average Bonchev–Trinajstić information content (AvgIpc) is 2.98. The zero-order valence-corrected chi connectivity index (χ0v) is 24.6. The molecule has 0 fully saturated rings. The molecule has 2 amide bonds. The Balaban J connectivity index is 2.10. The molecule has 0 aliphatic rings. The van der Waals surface area contributed by atoms with Gasteiger partial charge in [0, 0.05) is 42.3 Å². The largest absolute Gasteiger partial charge is 0.386 e. The number of amides is 2. The first-order valence-corrected chi connectivity index (χ1v) is 14.3. The molecule has 3 aromatic carbocycles. The lowest BCUT2D eigenvalue weighted by Crippen LogP contribution is -2.65. The van der Waals surface area contributed by atoms with Crippen LogP contribution in [0.4, 0.5) is 8.78 Å². The van der Waals surface area contributed by atoms with Gasteiger partial charge in [0.2, 0.25) is 5.91 Å². The van der Waals surface area contributed by atoms with Gasteiger partial charge < -0.3 is 16.2 Å². The van der Waals surface area contributed by atoms with Crippen molar-refractivity contribution in [2.24, 2.45) is 5.73 Å². The highest BCUT2D eigenvalue weighted by Crippen LogP contribution is 2.28. The molecule has 3 rings (SSSR count). The first kappa shape index (κ1) is 33.2. The molecule has 3 aromatic rings. The number of aliphatic hydroxyl groups excluding tert-OH is 1. The number of carbonyl (C=O) groups is 2. The maximum atomic E-state index is 14.6. The Morgan fingerprint density at radius 2 is 1.53 bits per heavy atom. The topological polar surface area (TPSA) is 92.4 Å². The van der Waals surface area contributed by atoms with E-state index in [1.807, 2.05) is 38.1 Å². The maximum Gasteiger partial charge on any atom is 0.346 e. The molecule has 0 aromatic heterocycles. The van der Waals surface area contributed by atoms with Gasteiger partial charge in [0.1, 0.15) is 23.8 Å². The molecular weight excluding hydrogens is 548 g/mol. The van der Waals surface area contributed by atoms with Crippen molar-refractivity contribution < 1.29 is 28.0 Å². The molecule has 0 aliphatic heterocycles. The van der Waals surface area contributed by atoms with E-state index in [0.29, 0.717) is 43.6 Å². The van der Waals surface area contributed by atoms with Crippen molar-refractivity contribution in [1.82, 2.24) is 5.32 Å². The minimum Gasteiger partial charge on any atom is -0.386 e. The van der Waals surface area contributed by atoms with Gasteiger partial charge in [0.25, 0.3) is 0 Å². The lowest BCUT2D eigenvalue weighted by Gasteiger charge is -2.44. The number of nitrogens with two attached hydrogens (primary N) is 1. The molecule has 43 heavy (non-hydrogen) atoms. The van der Waals surface area contributed by atoms with Crippen molar-refractivity contribution in [1.29, 1.82) is 0 Å². The van der Waals surface area contributed by atoms with Gasteiger partial charge >= 0.3 is 5.91 Å². The molecule has 0 saturated heterocycles. The second-order valence-electron chi connectivity index (χ2n) is 10.7. The number of hydrogen-bond acceptors (Lipinski definition) is 4. The normalized spacial score (nSPS) is 12.6. The van der Waals surface area contributed by atoms with Crippen LogP contribution >= 0.6 is 0 Å². The maximum absolute atomic E-state index is 14.6. The number of quaternary nitrogens is 1. The van der Waals surface area contributed by atoms with Crippen LogP contribution in [0.15, 0.2) is 60.7 Å². The number of nitrogens with zero attached hydrogens (tertiary/aromatic N) is 1. The van der Waals surface area contributed by atoms with E-state index in [0.717, 1.165) is 17.2 Å². The van der Waals surface area contributed by atoms with E-state index in [2.05, 4.69) is 17.2 Å². The van der Waals surface area contributed by atoms with Crippen LogP contribution in [-0.4, -0.2) is 53.2 Å². The number of primary amides is 1. The molecule has 0 heterocycles. The summed E-state index contributed by atoms with van der Waals surface area (Å²) in [5.41, 5.74) is 8.05. The number of halogens is 2. The lowest BCUT2D eigenvalue weighted by atomic mass is 9.93. The van der Waals surface area contributed by atoms with E-state index in [-0.39, 0.29) is 34.5 Å². The summed E-state index contributed by atoms with van der Waals surface area (Å²) in [5, 5.41) is 15.0. The number of aliphatic hydroxyl groups is 1. The summed E-state index contributed by atoms with van der Waals surface area (Å²) in [6.45, 7) is 4.97. The van der Waals surface area contributed by atoms with Crippen LogP contribution in [0.2, 0.25) is 0 Å². The van der Waals surface area contributed by atoms with Gasteiger partial charge in [0.05, 0.1) is 18.7 Å². The molecule has 224 valence electrons. The third kappa shape index (κ3) is 8.37. The minimum atomic E-state index is -1.12. The van der Waals surface area contributed by atoms with Crippen LogP contribution in [-0.2, 0) is 13.0 Å². The number of benzene rings is 3. The lowest BCUT2D eigenvalue weighted by molar-refractivity contribution is -0.878. The molecule has 2 atom stereocenters. The van der Waals surface area contributed by atoms with Gasteiger partial charge in [-0.05, 0) is 66.4 Å². The Hall–Kier alpha value is -4.34. The predicted molar refractivity (Wildman–Crippen MR) is 164 cm³/mol. The smallest absolute Gasteiger partial charge is 0.346 e. The molecule has 0 radical (unpaired) electrons. The summed E-state index contributed by atoms with van der Waals surface area (Å²) in [7, 11) is 0. The highest BCUT2D eigenvalue weighted by atomic mass is 19.1. The molecule has 4 N–H and O–H groups in total. The summed E-state index contributed by atoms with van der Waals surface area (Å²) in [5.74, 6) is 2.45. The molecule has 8 heteroatoms. The molecule has 0 bridgehead atoms. The monoisotopic (exact) mass is 586 g/mol. The van der Waals surface area contributed by atoms with Crippen molar-refractivity contribution in [2.45, 2.75) is 51.8 Å². The Labute approximate surface area is 252 Å². The summed E-state index contributed by atoms with van der Waals surface area (Å²) < 4.78 is 28.3. The summed E-state index contributed by atoms with van der Waals surface area (Å²) in [6, 6.07) is 14.2. The van der Waals surface area contributed by atoms with Gasteiger partial charge in [-0.1, -0.05) is 37.8 Å². The van der Waals surface area contributed by atoms with Gasteiger partial charge in [-0.2, -0.15) is 0 Å². The summed E-state index contributed by atoms with van der Waals surface area (Å²) >= 11 is 0. The van der Waals surface area contributed by atoms with Gasteiger partial charge in [-0.15, -0.1) is 12.8 Å². The highest BCUT2D eigenvalue weighted by molar-refractivity contribution is 5.97. The standard InChI is InChI=1S/C35H37F2N3O3/c1-5-12-40(13-6-2,35(43)29-16-25(8-4)15-28(20-29)34(38)42)32(19-27-17-30(36)21-31(37)18-27)33(41)23-39-22-26-11-9-10-24(7-3)14-26/h3-4,9-11,14-18,20-21,32-33,39,41H,5-6,12-13,19,22-23H2,1-2H3,(H-,38,42)/p+1/t32-,33+/m0/s1. The van der Waals surface area contributed by atoms with Crippen LogP contribution in [0.3, 0.4) is 0 Å². The van der Waals surface area contributed by atoms with Gasteiger partial charge in [-0.3, -0.25) is 9.28 Å². The summed E-state index contributed by atoms with van der Waals surface area (Å²) in [4.78, 5) is 26.7. The highest BCUT2D eigenvalue weighted by Gasteiger charge is 2.47. The summed E-state index contributed by atoms with van der Waals surface area (Å²) in [6.07, 6.45) is 11.2. The Kier molecular flexibility index (Phi) is 11.7. The van der Waals surface area contributed by atoms with Crippen molar-refractivity contribution in [2.75, 3.05) is 19.6 Å². The van der Waals surface area contributed by atoms with E-state index >= 15 is 0 Å². The average molecular weight is 587 g/mol. The third-order valence-electron chi connectivity index (χ3n) is 7.50. The van der Waals surface area contributed by atoms with Crippen LogP contribution in [0.25, 0.3) is 0 Å². The zero-order chi connectivity index (χ0) is 31.6. The second-order valence-corrected chi connectivity index (χ2v) is 10.7. The Morgan fingerprint density at radius 1 is 0.907 bits per heavy atom. The predicted octanol–water partition coefficient (Wildman–Crippen LogP) is 4.57. The van der Waals surface area contributed by atoms with E-state index in [1.54, 1.807) is 0 Å². The first-order valence-electron chi connectivity index (χ1n) is 14.3. The molecule has 0 saturated carbocycles. The minimum absolute atomic E-state index is 0.00729. The van der Waals surface area contributed by atoms with Crippen molar-refractivity contribution in [3.05, 3.63) is 106 Å². The molecule has 6 nitrogen and oxygen atoms in total. The fourth-order valence-electron chi connectivity index (χ4n) is 5.71. The van der Waals surface area contributed by atoms with E-state index in [1.165, 1.54) is 30.3 Å². The van der Waals surface area contributed by atoms with Crippen LogP contribution in [0, 0.1) is 36.3 Å². The van der Waals surface area contributed by atoms with Crippen molar-refractivity contribution in [3.63, 3.8) is 0 Å². The van der Waals surface area contributed by atoms with Gasteiger partial charge in [-0.25, -0.2) is 13.6 Å². The van der Waals surface area contributed by atoms with Crippen LogP contribution in [0.5, 0.6) is 0 Å². The number of rotatable bonds is 14. The van der Waals surface area contributed by atoms with E-state index in [9.17, 15) is 23.5 Å². The Morgan fingerprint density at radius 3 is 2.12 bits per heavy atom. The zero-order valence-electron chi connectivity index (χ0n) is 24.6. The fraction of sp³-hybridized carbons (Fsp3) is 0.314. The number of nitrogens with one attached hydrogen (secondary N) is 1. The van der Waals surface area contributed by atoms with Crippen molar-refractivity contribution >= 4 is 11.8 Å². The van der Waals surface area contributed by atoms with Crippen LogP contribution in [0.1, 0.15) is 69.7 Å². The van der Waals surface area contributed by atoms with Crippen LogP contribution < -0.4 is 11.1 Å². The van der Waals surface area contributed by atoms with Gasteiger partial charge in [0.15, 0.2) is 0 Å². The SMILES string of the molecule is C#Cc1cccc(CNC[C@@H](O)[C@H](Cc2cc(F)cc(F)c2)[N+](CCC)(CCC)C(=O)c2cc(C#C)cc(C(N)=O)c2)c1. The number of carbonyl (C=O) groups excluding carboxylic acids is 2. The second kappa shape index (κ2) is 15.2. The number of terminal acetylenes is 2. The fourth-order valence-corrected chi connectivity index (χ4v) is 5.71. The molecule has 0 aliphatic carbocycles. The van der Waals surface area contributed by atoms with E-state index in [4.69, 9.17) is 18.6 Å². The van der Waals surface area contributed by atoms with E-state index < -0.39 is 29.7 Å². The number of hydrogen-bond donors (Lipinski definition) is 3. The molecule has 0 spiro atoms.